The molecule has 360 valence electrons. The van der Waals surface area contributed by atoms with Gasteiger partial charge in [0.2, 0.25) is 5.91 Å². The van der Waals surface area contributed by atoms with E-state index in [1.165, 1.54) is 0 Å². The van der Waals surface area contributed by atoms with Gasteiger partial charge in [0.1, 0.15) is 68.1 Å². The molecule has 0 aromatic heterocycles. The Kier molecular flexibility index (Phi) is 13.8. The van der Waals surface area contributed by atoms with Gasteiger partial charge in [0.25, 0.3) is 0 Å². The van der Waals surface area contributed by atoms with E-state index in [1.807, 2.05) is 55.4 Å². The van der Waals surface area contributed by atoms with Crippen molar-refractivity contribution in [2.45, 2.75) is 197 Å². The van der Waals surface area contributed by atoms with Crippen LogP contribution in [-0.2, 0) is 61.6 Å². The van der Waals surface area contributed by atoms with Crippen LogP contribution in [0.4, 0.5) is 9.59 Å². The van der Waals surface area contributed by atoms with Gasteiger partial charge in [-0.05, 0) is 93.9 Å². The SMILES string of the molecule is CC1(C)O[C@H]2[C@@H](O1)[C@@H](COC(=O)N1CCC(N)CC1)O[C@@H]1OC(C)(C)O[C@@H]12.CC1(C)O[C@H]2[C@@H](O1)[C@@H](COC(=O)N1CCC(NCC(=O)N3CCC[C@H]3C#N)CC1)O[C@@H]1OC(C)(C)O[C@@H]12. The number of fused-ring (bicyclic) bond motifs is 6. The standard InChI is InChI=1S/C25H38N4O8.C18H30N2O7/c1-24(2)34-19-17(33-22-21(20(19)35-24)36-25(3,4)37-22)14-32-23(31)28-10-7-15(8-11-28)27-13-18(30)29-9-5-6-16(29)12-26;1-17(2)24-12-11(9-22-16(21)20-7-5-10(19)6-8-20)23-15-14(13(12)25-17)26-18(3,4)27-15/h15-17,19-22,27H,5-11,13-14H2,1-4H3;10-15H,5-9,19H2,1-4H3/t16-,17+,19-,20-,21+,22+;11-,12+,13+,14-,15-/m01/s1. The third-order valence-corrected chi connectivity index (χ3v) is 13.1. The van der Waals surface area contributed by atoms with Crippen molar-refractivity contribution in [1.82, 2.24) is 20.0 Å². The Hall–Kier alpha value is -2.98. The van der Waals surface area contributed by atoms with E-state index >= 15 is 0 Å². The van der Waals surface area contributed by atoms with Gasteiger partial charge in [-0.15, -0.1) is 0 Å². The molecule has 0 spiro atoms. The van der Waals surface area contributed by atoms with Crippen LogP contribution >= 0.6 is 0 Å². The van der Waals surface area contributed by atoms with Crippen LogP contribution in [0.15, 0.2) is 0 Å². The summed E-state index contributed by atoms with van der Waals surface area (Å²) in [5, 5.41) is 12.5. The summed E-state index contributed by atoms with van der Waals surface area (Å²) in [6.07, 6.45) is -0.837. The highest BCUT2D eigenvalue weighted by Gasteiger charge is 2.62. The van der Waals surface area contributed by atoms with Crippen LogP contribution in [0.25, 0.3) is 0 Å². The number of nitrogens with zero attached hydrogens (tertiary/aromatic N) is 4. The van der Waals surface area contributed by atoms with Crippen LogP contribution < -0.4 is 11.1 Å². The molecule has 0 aromatic rings. The Balaban J connectivity index is 0.000000184. The summed E-state index contributed by atoms with van der Waals surface area (Å²) in [6.45, 7) is 17.9. The first-order valence-electron chi connectivity index (χ1n) is 22.9. The number of ether oxygens (including phenoxy) is 12. The smallest absolute Gasteiger partial charge is 0.409 e. The van der Waals surface area contributed by atoms with Gasteiger partial charge in [-0.25, -0.2) is 9.59 Å². The highest BCUT2D eigenvalue weighted by Crippen LogP contribution is 2.46. The number of likely N-dealkylation sites (tertiary alicyclic amines) is 3. The van der Waals surface area contributed by atoms with Crippen LogP contribution in [-0.4, -0.2) is 188 Å². The summed E-state index contributed by atoms with van der Waals surface area (Å²) in [5.74, 6) is -3.20. The highest BCUT2D eigenvalue weighted by molar-refractivity contribution is 5.79. The monoisotopic (exact) mass is 908 g/mol. The molecule has 0 unspecified atom stereocenters. The van der Waals surface area contributed by atoms with Crippen LogP contribution in [0.5, 0.6) is 0 Å². The van der Waals surface area contributed by atoms with Crippen molar-refractivity contribution in [3.63, 3.8) is 0 Å². The first kappa shape index (κ1) is 47.5. The normalized spacial score (nSPS) is 38.2. The summed E-state index contributed by atoms with van der Waals surface area (Å²) in [4.78, 5) is 42.7. The van der Waals surface area contributed by atoms with Crippen molar-refractivity contribution in [2.24, 2.45) is 5.73 Å². The van der Waals surface area contributed by atoms with E-state index in [2.05, 4.69) is 11.4 Å². The summed E-state index contributed by atoms with van der Waals surface area (Å²) in [7, 11) is 0. The minimum Gasteiger partial charge on any atom is -0.447 e. The molecule has 0 bridgehead atoms. The van der Waals surface area contributed by atoms with E-state index in [-0.39, 0.29) is 62.1 Å². The third-order valence-electron chi connectivity index (χ3n) is 13.1. The van der Waals surface area contributed by atoms with Crippen molar-refractivity contribution >= 4 is 18.1 Å². The zero-order valence-corrected chi connectivity index (χ0v) is 38.4. The number of nitrogens with two attached hydrogens (primary N) is 1. The van der Waals surface area contributed by atoms with Gasteiger partial charge in [0.05, 0.1) is 12.6 Å². The Labute approximate surface area is 374 Å². The zero-order valence-electron chi connectivity index (χ0n) is 38.4. The first-order chi connectivity index (χ1) is 30.2. The fourth-order valence-electron chi connectivity index (χ4n) is 10.0. The topological polar surface area (TPSA) is 234 Å². The molecule has 0 saturated carbocycles. The molecule has 64 heavy (non-hydrogen) atoms. The number of amides is 3. The lowest BCUT2D eigenvalue weighted by Gasteiger charge is -2.37. The number of carbonyl (C=O) groups is 3. The molecule has 9 aliphatic heterocycles. The van der Waals surface area contributed by atoms with Gasteiger partial charge in [-0.1, -0.05) is 0 Å². The molecule has 3 amide bonds. The van der Waals surface area contributed by atoms with Gasteiger partial charge >= 0.3 is 12.2 Å². The maximum atomic E-state index is 12.8. The largest absolute Gasteiger partial charge is 0.447 e. The van der Waals surface area contributed by atoms with Crippen LogP contribution in [0.2, 0.25) is 0 Å². The zero-order chi connectivity index (χ0) is 45.8. The van der Waals surface area contributed by atoms with Gasteiger partial charge in [0.15, 0.2) is 35.7 Å². The molecule has 21 heteroatoms. The molecule has 3 N–H and O–H groups in total. The van der Waals surface area contributed by atoms with Crippen molar-refractivity contribution < 1.29 is 71.2 Å². The summed E-state index contributed by atoms with van der Waals surface area (Å²) in [6, 6.07) is 2.17. The molecule has 11 atom stereocenters. The molecule has 21 nitrogen and oxygen atoms in total. The second-order valence-electron chi connectivity index (χ2n) is 19.9. The van der Waals surface area contributed by atoms with E-state index in [1.54, 1.807) is 14.7 Å². The fourth-order valence-corrected chi connectivity index (χ4v) is 10.0. The number of nitrogens with one attached hydrogen (secondary N) is 1. The second-order valence-corrected chi connectivity index (χ2v) is 19.9. The average Bonchev–Trinajstić information content (AvgIpc) is 4.05. The average molecular weight is 909 g/mol. The quantitative estimate of drug-likeness (QED) is 0.372. The summed E-state index contributed by atoms with van der Waals surface area (Å²) >= 11 is 0. The molecule has 9 rings (SSSR count). The molecule has 0 radical (unpaired) electrons. The summed E-state index contributed by atoms with van der Waals surface area (Å²) < 4.78 is 71.3. The highest BCUT2D eigenvalue weighted by atomic mass is 16.9. The van der Waals surface area contributed by atoms with Gasteiger partial charge < -0.3 is 82.6 Å². The number of rotatable bonds is 7. The first-order valence-corrected chi connectivity index (χ1v) is 22.9. The van der Waals surface area contributed by atoms with Crippen LogP contribution in [0.1, 0.15) is 93.9 Å². The van der Waals surface area contributed by atoms with Crippen LogP contribution in [0.3, 0.4) is 0 Å². The van der Waals surface area contributed by atoms with E-state index < -0.39 is 78.4 Å². The predicted octanol–water partition coefficient (Wildman–Crippen LogP) is 2.03. The van der Waals surface area contributed by atoms with Crippen molar-refractivity contribution in [2.75, 3.05) is 52.5 Å². The van der Waals surface area contributed by atoms with Gasteiger partial charge in [0, 0.05) is 44.8 Å². The number of hydrogen-bond acceptors (Lipinski definition) is 18. The molecule has 9 aliphatic rings. The second kappa shape index (κ2) is 18.6. The third kappa shape index (κ3) is 10.7. The lowest BCUT2D eigenvalue weighted by atomic mass is 9.99. The lowest BCUT2D eigenvalue weighted by Crippen LogP contribution is -2.56. The minimum atomic E-state index is -0.813. The molecule has 9 saturated heterocycles. The predicted molar refractivity (Wildman–Crippen MR) is 219 cm³/mol. The maximum Gasteiger partial charge on any atom is 0.409 e. The Morgan fingerprint density at radius 3 is 1.50 bits per heavy atom. The minimum absolute atomic E-state index is 0.00895. The van der Waals surface area contributed by atoms with Gasteiger partial charge in [-0.3, -0.25) is 4.79 Å². The molecular weight excluding hydrogens is 840 g/mol. The Morgan fingerprint density at radius 1 is 0.609 bits per heavy atom. The molecule has 0 aromatic carbocycles. The molecule has 9 fully saturated rings. The number of piperidine rings is 2. The molecule has 9 heterocycles. The van der Waals surface area contributed by atoms with Crippen molar-refractivity contribution in [1.29, 1.82) is 5.26 Å². The lowest BCUT2D eigenvalue weighted by molar-refractivity contribution is -0.240. The number of hydrogen-bond donors (Lipinski definition) is 2. The molecular formula is C43H68N6O15. The van der Waals surface area contributed by atoms with E-state index in [4.69, 9.17) is 62.6 Å². The fraction of sp³-hybridized carbons (Fsp3) is 0.907. The van der Waals surface area contributed by atoms with Gasteiger partial charge in [-0.2, -0.15) is 5.26 Å². The number of nitriles is 1. The number of carbonyl (C=O) groups excluding carboxylic acids is 3. The van der Waals surface area contributed by atoms with E-state index in [9.17, 15) is 19.6 Å². The summed E-state index contributed by atoms with van der Waals surface area (Å²) in [5.41, 5.74) is 5.89. The molecule has 0 aliphatic carbocycles. The maximum absolute atomic E-state index is 12.8. The van der Waals surface area contributed by atoms with Crippen molar-refractivity contribution in [3.8, 4) is 6.07 Å². The van der Waals surface area contributed by atoms with E-state index in [0.717, 1.165) is 25.7 Å². The van der Waals surface area contributed by atoms with E-state index in [0.29, 0.717) is 45.6 Å². The Bertz CT molecular complexity index is 1730. The van der Waals surface area contributed by atoms with Crippen LogP contribution in [0, 0.1) is 11.3 Å². The van der Waals surface area contributed by atoms with Crippen molar-refractivity contribution in [3.05, 3.63) is 0 Å². The Morgan fingerprint density at radius 2 is 1.03 bits per heavy atom.